The van der Waals surface area contributed by atoms with Gasteiger partial charge in [0.05, 0.1) is 0 Å². The van der Waals surface area contributed by atoms with Gasteiger partial charge in [0.2, 0.25) is 0 Å². The van der Waals surface area contributed by atoms with Crippen molar-refractivity contribution in [2.75, 3.05) is 26.7 Å². The zero-order valence-corrected chi connectivity index (χ0v) is 10.4. The molecule has 1 atom stereocenters. The number of likely N-dealkylation sites (N-methyl/N-ethyl adjacent to an activating group) is 1. The average molecular weight is 234 g/mol. The molecule has 1 aromatic carbocycles. The summed E-state index contributed by atoms with van der Waals surface area (Å²) < 4.78 is 0. The number of hydrogen-bond donors (Lipinski definition) is 3. The average Bonchev–Trinajstić information content (AvgIpc) is 2.37. The third-order valence-corrected chi connectivity index (χ3v) is 3.68. The van der Waals surface area contributed by atoms with Crippen LogP contribution in [0.2, 0.25) is 0 Å². The molecule has 0 bridgehead atoms. The van der Waals surface area contributed by atoms with Crippen molar-refractivity contribution in [3.05, 3.63) is 29.8 Å². The Morgan fingerprint density at radius 2 is 2.18 bits per heavy atom. The Balaban J connectivity index is 2.15. The van der Waals surface area contributed by atoms with E-state index < -0.39 is 0 Å². The number of rotatable bonds is 4. The molecule has 1 fully saturated rings. The molecule has 1 heterocycles. The summed E-state index contributed by atoms with van der Waals surface area (Å²) in [6.07, 6.45) is 2.45. The lowest BCUT2D eigenvalue weighted by atomic mass is 9.80. The fourth-order valence-electron chi connectivity index (χ4n) is 2.78. The summed E-state index contributed by atoms with van der Waals surface area (Å²) in [7, 11) is 2.00. The summed E-state index contributed by atoms with van der Waals surface area (Å²) >= 11 is 0. The van der Waals surface area contributed by atoms with Crippen molar-refractivity contribution in [1.29, 1.82) is 0 Å². The highest BCUT2D eigenvalue weighted by Gasteiger charge is 2.24. The first-order valence-electron chi connectivity index (χ1n) is 6.45. The Bertz CT molecular complexity index is 348. The molecular weight excluding hydrogens is 212 g/mol. The van der Waals surface area contributed by atoms with Crippen molar-refractivity contribution in [2.45, 2.75) is 18.8 Å². The standard InChI is InChI=1S/C14H22N2O/c1-15-10-14(11-5-7-16-8-6-11)12-3-2-4-13(17)9-12/h2-4,9,11,14-17H,5-8,10H2,1H3. The van der Waals surface area contributed by atoms with Crippen molar-refractivity contribution in [3.8, 4) is 5.75 Å². The van der Waals surface area contributed by atoms with Crippen LogP contribution in [0.4, 0.5) is 0 Å². The van der Waals surface area contributed by atoms with Gasteiger partial charge in [-0.3, -0.25) is 0 Å². The lowest BCUT2D eigenvalue weighted by Gasteiger charge is -2.31. The van der Waals surface area contributed by atoms with Crippen LogP contribution in [0.15, 0.2) is 24.3 Å². The maximum atomic E-state index is 9.60. The highest BCUT2D eigenvalue weighted by Crippen LogP contribution is 2.31. The SMILES string of the molecule is CNCC(c1cccc(O)c1)C1CCNCC1. The smallest absolute Gasteiger partial charge is 0.115 e. The fraction of sp³-hybridized carbons (Fsp3) is 0.571. The Labute approximate surface area is 103 Å². The highest BCUT2D eigenvalue weighted by atomic mass is 16.3. The minimum atomic E-state index is 0.373. The quantitative estimate of drug-likeness (QED) is 0.743. The van der Waals surface area contributed by atoms with Gasteiger partial charge < -0.3 is 15.7 Å². The Morgan fingerprint density at radius 1 is 1.41 bits per heavy atom. The Kier molecular flexibility index (Phi) is 4.40. The van der Waals surface area contributed by atoms with Gasteiger partial charge in [-0.15, -0.1) is 0 Å². The van der Waals surface area contributed by atoms with Crippen LogP contribution in [0.5, 0.6) is 5.75 Å². The van der Waals surface area contributed by atoms with Gasteiger partial charge in [-0.25, -0.2) is 0 Å². The number of hydrogen-bond acceptors (Lipinski definition) is 3. The van der Waals surface area contributed by atoms with Crippen LogP contribution in [0, 0.1) is 5.92 Å². The number of phenolic OH excluding ortho intramolecular Hbond substituents is 1. The third kappa shape index (κ3) is 3.20. The highest BCUT2D eigenvalue weighted by molar-refractivity contribution is 5.30. The van der Waals surface area contributed by atoms with E-state index in [4.69, 9.17) is 0 Å². The second-order valence-corrected chi connectivity index (χ2v) is 4.85. The van der Waals surface area contributed by atoms with Gasteiger partial charge in [0, 0.05) is 6.54 Å². The molecule has 0 spiro atoms. The molecule has 94 valence electrons. The molecule has 0 aliphatic carbocycles. The van der Waals surface area contributed by atoms with Gasteiger partial charge in [-0.05, 0) is 62.5 Å². The monoisotopic (exact) mass is 234 g/mol. The number of phenols is 1. The zero-order valence-electron chi connectivity index (χ0n) is 10.4. The molecule has 0 amide bonds. The van der Waals surface area contributed by atoms with Gasteiger partial charge in [0.25, 0.3) is 0 Å². The first kappa shape index (κ1) is 12.4. The number of piperidine rings is 1. The van der Waals surface area contributed by atoms with Crippen LogP contribution in [-0.4, -0.2) is 31.8 Å². The van der Waals surface area contributed by atoms with Crippen LogP contribution < -0.4 is 10.6 Å². The molecule has 3 N–H and O–H groups in total. The topological polar surface area (TPSA) is 44.3 Å². The molecule has 1 aliphatic rings. The minimum Gasteiger partial charge on any atom is -0.508 e. The fourth-order valence-corrected chi connectivity index (χ4v) is 2.78. The molecule has 0 radical (unpaired) electrons. The predicted octanol–water partition coefficient (Wildman–Crippen LogP) is 1.69. The van der Waals surface area contributed by atoms with Crippen molar-refractivity contribution >= 4 is 0 Å². The molecule has 1 aromatic rings. The van der Waals surface area contributed by atoms with E-state index in [2.05, 4.69) is 16.7 Å². The maximum absolute atomic E-state index is 9.60. The van der Waals surface area contributed by atoms with Crippen LogP contribution in [0.25, 0.3) is 0 Å². The summed E-state index contributed by atoms with van der Waals surface area (Å²) in [5.41, 5.74) is 1.26. The van der Waals surface area contributed by atoms with E-state index in [0.29, 0.717) is 17.6 Å². The molecular formula is C14H22N2O. The van der Waals surface area contributed by atoms with Crippen LogP contribution in [0.3, 0.4) is 0 Å². The van der Waals surface area contributed by atoms with Crippen LogP contribution >= 0.6 is 0 Å². The molecule has 1 unspecified atom stereocenters. The first-order valence-corrected chi connectivity index (χ1v) is 6.45. The molecule has 0 aromatic heterocycles. The Morgan fingerprint density at radius 3 is 2.82 bits per heavy atom. The second-order valence-electron chi connectivity index (χ2n) is 4.85. The summed E-state index contributed by atoms with van der Waals surface area (Å²) in [4.78, 5) is 0. The zero-order chi connectivity index (χ0) is 12.1. The van der Waals surface area contributed by atoms with Crippen molar-refractivity contribution in [1.82, 2.24) is 10.6 Å². The summed E-state index contributed by atoms with van der Waals surface area (Å²) in [5.74, 6) is 1.59. The van der Waals surface area contributed by atoms with Crippen molar-refractivity contribution in [2.24, 2.45) is 5.92 Å². The van der Waals surface area contributed by atoms with E-state index >= 15 is 0 Å². The number of nitrogens with one attached hydrogen (secondary N) is 2. The minimum absolute atomic E-state index is 0.373. The van der Waals surface area contributed by atoms with Crippen LogP contribution in [0.1, 0.15) is 24.3 Å². The second kappa shape index (κ2) is 6.03. The third-order valence-electron chi connectivity index (χ3n) is 3.68. The normalized spacial score (nSPS) is 19.1. The van der Waals surface area contributed by atoms with Gasteiger partial charge in [0.1, 0.15) is 5.75 Å². The lowest BCUT2D eigenvalue weighted by Crippen LogP contribution is -2.34. The van der Waals surface area contributed by atoms with E-state index in [-0.39, 0.29) is 0 Å². The van der Waals surface area contributed by atoms with E-state index in [1.54, 1.807) is 6.07 Å². The molecule has 1 aliphatic heterocycles. The van der Waals surface area contributed by atoms with Crippen LogP contribution in [-0.2, 0) is 0 Å². The predicted molar refractivity (Wildman–Crippen MR) is 70.4 cm³/mol. The maximum Gasteiger partial charge on any atom is 0.115 e. The Hall–Kier alpha value is -1.06. The van der Waals surface area contributed by atoms with Gasteiger partial charge >= 0.3 is 0 Å². The first-order chi connectivity index (χ1) is 8.31. The summed E-state index contributed by atoms with van der Waals surface area (Å²) in [6.45, 7) is 3.21. The van der Waals surface area contributed by atoms with E-state index in [0.717, 1.165) is 19.6 Å². The molecule has 2 rings (SSSR count). The van der Waals surface area contributed by atoms with E-state index in [1.807, 2.05) is 19.2 Å². The molecule has 17 heavy (non-hydrogen) atoms. The molecule has 3 heteroatoms. The summed E-state index contributed by atoms with van der Waals surface area (Å²) in [6, 6.07) is 7.71. The van der Waals surface area contributed by atoms with Crippen molar-refractivity contribution in [3.63, 3.8) is 0 Å². The van der Waals surface area contributed by atoms with Gasteiger partial charge in [0.15, 0.2) is 0 Å². The van der Waals surface area contributed by atoms with Crippen molar-refractivity contribution < 1.29 is 5.11 Å². The molecule has 1 saturated heterocycles. The lowest BCUT2D eigenvalue weighted by molar-refractivity contribution is 0.312. The van der Waals surface area contributed by atoms with E-state index in [9.17, 15) is 5.11 Å². The number of aromatic hydroxyl groups is 1. The molecule has 3 nitrogen and oxygen atoms in total. The summed E-state index contributed by atoms with van der Waals surface area (Å²) in [5, 5.41) is 16.3. The molecule has 0 saturated carbocycles. The number of benzene rings is 1. The largest absolute Gasteiger partial charge is 0.508 e. The van der Waals surface area contributed by atoms with Gasteiger partial charge in [-0.1, -0.05) is 12.1 Å². The van der Waals surface area contributed by atoms with E-state index in [1.165, 1.54) is 18.4 Å². The van der Waals surface area contributed by atoms with Gasteiger partial charge in [-0.2, -0.15) is 0 Å².